The van der Waals surface area contributed by atoms with Gasteiger partial charge in [-0.3, -0.25) is 0 Å². The highest BCUT2D eigenvalue weighted by molar-refractivity contribution is 5.80. The van der Waals surface area contributed by atoms with Crippen LogP contribution in [0.2, 0.25) is 0 Å². The number of aromatic nitrogens is 6. The Bertz CT molecular complexity index is 3110. The van der Waals surface area contributed by atoms with Crippen molar-refractivity contribution in [2.24, 2.45) is 0 Å². The van der Waals surface area contributed by atoms with E-state index >= 15 is 0 Å². The number of fused-ring (bicyclic) bond motifs is 2. The van der Waals surface area contributed by atoms with Crippen molar-refractivity contribution in [3.05, 3.63) is 223 Å². The fourth-order valence-electron chi connectivity index (χ4n) is 8.58. The van der Waals surface area contributed by atoms with Gasteiger partial charge in [0.25, 0.3) is 0 Å². The molecule has 0 unspecified atom stereocenters. The van der Waals surface area contributed by atoms with Crippen molar-refractivity contribution in [2.75, 3.05) is 9.80 Å². The average Bonchev–Trinajstić information content (AvgIpc) is 4.01. The minimum Gasteiger partial charge on any atom is -0.311 e. The standard InChI is InChI=1S/C57H50N8/c1-4-47(21-15-16-42(3)64-58-53-22-11-12-23-54(53)59-64)63(49-19-9-6-10-20-49)57-39-32-46(40-41(57)2)45-28-26-43(27-29-45)44-30-33-50(34-31-44)62(48-17-7-5-8-18-48)51-35-37-52(38-36-51)65-60-55-24-13-14-25-56(55)61-65/h4-5,7-9,11-13,15,17-24,26-40H,3,6,10,14,16,25H2,1-2H3/b21-15-,47-4+. The third kappa shape index (κ3) is 8.67. The first-order valence-electron chi connectivity index (χ1n) is 22.4. The van der Waals surface area contributed by atoms with Gasteiger partial charge in [0.1, 0.15) is 16.7 Å². The molecule has 0 fully saturated rings. The van der Waals surface area contributed by atoms with Gasteiger partial charge in [-0.25, -0.2) is 0 Å². The second-order valence-electron chi connectivity index (χ2n) is 16.4. The van der Waals surface area contributed by atoms with E-state index in [1.807, 2.05) is 24.3 Å². The molecule has 0 radical (unpaired) electrons. The highest BCUT2D eigenvalue weighted by atomic mass is 15.5. The number of rotatable bonds is 13. The van der Waals surface area contributed by atoms with Crippen LogP contribution in [-0.2, 0) is 6.42 Å². The van der Waals surface area contributed by atoms with Crippen LogP contribution >= 0.6 is 0 Å². The summed E-state index contributed by atoms with van der Waals surface area (Å²) in [6, 6.07) is 51.4. The summed E-state index contributed by atoms with van der Waals surface area (Å²) in [5.74, 6) is 0. The van der Waals surface area contributed by atoms with Gasteiger partial charge in [-0.1, -0.05) is 110 Å². The number of anilines is 4. The average molecular weight is 847 g/mol. The Morgan fingerprint density at radius 3 is 1.91 bits per heavy atom. The van der Waals surface area contributed by atoms with Gasteiger partial charge in [0.05, 0.1) is 17.1 Å². The van der Waals surface area contributed by atoms with Gasteiger partial charge in [0.2, 0.25) is 0 Å². The number of nitrogens with zero attached hydrogens (tertiary/aromatic N) is 8. The predicted molar refractivity (Wildman–Crippen MR) is 268 cm³/mol. The van der Waals surface area contributed by atoms with Crippen LogP contribution in [0, 0.1) is 6.92 Å². The molecule has 0 N–H and O–H groups in total. The number of benzene rings is 6. The molecule has 2 aliphatic rings. The Kier molecular flexibility index (Phi) is 11.5. The van der Waals surface area contributed by atoms with E-state index in [-0.39, 0.29) is 0 Å². The van der Waals surface area contributed by atoms with Crippen LogP contribution in [0.15, 0.2) is 206 Å². The summed E-state index contributed by atoms with van der Waals surface area (Å²) in [4.78, 5) is 8.03. The summed E-state index contributed by atoms with van der Waals surface area (Å²) >= 11 is 0. The quantitative estimate of drug-likeness (QED) is 0.108. The van der Waals surface area contributed by atoms with Crippen LogP contribution in [0.4, 0.5) is 22.7 Å². The Morgan fingerprint density at radius 1 is 0.646 bits per heavy atom. The lowest BCUT2D eigenvalue weighted by Gasteiger charge is -2.30. The first-order valence-corrected chi connectivity index (χ1v) is 22.4. The third-order valence-corrected chi connectivity index (χ3v) is 12.0. The van der Waals surface area contributed by atoms with Crippen LogP contribution < -0.4 is 9.80 Å². The summed E-state index contributed by atoms with van der Waals surface area (Å²) < 4.78 is 0. The second-order valence-corrected chi connectivity index (χ2v) is 16.4. The minimum absolute atomic E-state index is 0.617. The first-order chi connectivity index (χ1) is 32.0. The molecule has 8 nitrogen and oxygen atoms in total. The molecule has 0 spiro atoms. The van der Waals surface area contributed by atoms with Crippen molar-refractivity contribution < 1.29 is 0 Å². The van der Waals surface area contributed by atoms with E-state index in [4.69, 9.17) is 10.2 Å². The molecule has 0 saturated carbocycles. The van der Waals surface area contributed by atoms with Crippen LogP contribution in [-0.4, -0.2) is 30.0 Å². The summed E-state index contributed by atoms with van der Waals surface area (Å²) in [6.45, 7) is 8.58. The summed E-state index contributed by atoms with van der Waals surface area (Å²) in [7, 11) is 0. The van der Waals surface area contributed by atoms with E-state index in [2.05, 4.69) is 210 Å². The highest BCUT2D eigenvalue weighted by Gasteiger charge is 2.19. The van der Waals surface area contributed by atoms with E-state index in [0.717, 1.165) is 93.5 Å². The molecule has 0 aliphatic heterocycles. The number of para-hydroxylation sites is 1. The van der Waals surface area contributed by atoms with Gasteiger partial charge in [0, 0.05) is 40.6 Å². The third-order valence-electron chi connectivity index (χ3n) is 12.0. The molecule has 8 heteroatoms. The van der Waals surface area contributed by atoms with Crippen LogP contribution in [0.3, 0.4) is 0 Å². The zero-order chi connectivity index (χ0) is 44.1. The second kappa shape index (κ2) is 18.3. The molecule has 6 aromatic carbocycles. The normalized spacial score (nSPS) is 13.6. The molecular formula is C57H50N8. The predicted octanol–water partition coefficient (Wildman–Crippen LogP) is 14.1. The summed E-state index contributed by atoms with van der Waals surface area (Å²) in [5.41, 5.74) is 18.0. The molecule has 0 amide bonds. The number of allylic oxidation sites excluding steroid dienone is 8. The Labute approximate surface area is 380 Å². The van der Waals surface area contributed by atoms with Crippen molar-refractivity contribution in [2.45, 2.75) is 46.0 Å². The topological polar surface area (TPSA) is 67.9 Å². The van der Waals surface area contributed by atoms with Gasteiger partial charge in [-0.05, 0) is 158 Å². The van der Waals surface area contributed by atoms with Gasteiger partial charge >= 0.3 is 0 Å². The number of hydrogen-bond acceptors (Lipinski definition) is 6. The molecule has 0 bridgehead atoms. The van der Waals surface area contributed by atoms with Gasteiger partial charge < -0.3 is 9.80 Å². The first kappa shape index (κ1) is 40.9. The number of aryl methyl sites for hydroxylation is 2. The Hall–Kier alpha value is -8.10. The highest BCUT2D eigenvalue weighted by Crippen LogP contribution is 2.38. The summed E-state index contributed by atoms with van der Waals surface area (Å²) in [6.07, 6.45) is 22.2. The van der Waals surface area contributed by atoms with E-state index in [1.54, 1.807) is 9.59 Å². The van der Waals surface area contributed by atoms with E-state index in [0.29, 0.717) is 6.42 Å². The molecule has 65 heavy (non-hydrogen) atoms. The maximum absolute atomic E-state index is 4.76. The van der Waals surface area contributed by atoms with Crippen LogP contribution in [0.25, 0.3) is 50.7 Å². The van der Waals surface area contributed by atoms with Crippen molar-refractivity contribution >= 4 is 45.6 Å². The van der Waals surface area contributed by atoms with Gasteiger partial charge in [-0.2, -0.15) is 14.7 Å². The molecule has 318 valence electrons. The van der Waals surface area contributed by atoms with Gasteiger partial charge in [-0.15, -0.1) is 15.3 Å². The SMILES string of the molecule is C=C(C/C=C\C(=C/C)N(C1=CCCC=C1)c1ccc(-c2ccc(-c3ccc(N(c4ccccc4)c4ccc(-n5nc6c(n5)CCC=C6)cc4)cc3)cc2)cc1C)n1nc2ccccc2n1. The molecule has 10 rings (SSSR count). The number of hydrogen-bond donors (Lipinski definition) is 0. The van der Waals surface area contributed by atoms with Crippen LogP contribution in [0.1, 0.15) is 49.6 Å². The summed E-state index contributed by atoms with van der Waals surface area (Å²) in [5, 5.41) is 18.7. The zero-order valence-corrected chi connectivity index (χ0v) is 36.8. The molecule has 0 atom stereocenters. The van der Waals surface area contributed by atoms with Gasteiger partial charge in [0.15, 0.2) is 0 Å². The van der Waals surface area contributed by atoms with Crippen molar-refractivity contribution in [3.63, 3.8) is 0 Å². The lowest BCUT2D eigenvalue weighted by Crippen LogP contribution is -2.21. The van der Waals surface area contributed by atoms with Crippen molar-refractivity contribution in [3.8, 4) is 27.9 Å². The Balaban J connectivity index is 0.861. The maximum atomic E-state index is 4.76. The molecule has 0 saturated heterocycles. The zero-order valence-electron chi connectivity index (χ0n) is 36.8. The van der Waals surface area contributed by atoms with Crippen molar-refractivity contribution in [1.29, 1.82) is 0 Å². The van der Waals surface area contributed by atoms with E-state index in [1.165, 1.54) is 28.0 Å². The fraction of sp³-hybridized carbons (Fsp3) is 0.123. The van der Waals surface area contributed by atoms with E-state index < -0.39 is 0 Å². The molecule has 2 aliphatic carbocycles. The fourth-order valence-corrected chi connectivity index (χ4v) is 8.58. The molecular weight excluding hydrogens is 797 g/mol. The molecule has 2 aromatic heterocycles. The van der Waals surface area contributed by atoms with Crippen molar-refractivity contribution in [1.82, 2.24) is 30.0 Å². The lowest BCUT2D eigenvalue weighted by molar-refractivity contribution is 0.736. The molecule has 8 aromatic rings. The minimum atomic E-state index is 0.617. The maximum Gasteiger partial charge on any atom is 0.113 e. The lowest BCUT2D eigenvalue weighted by atomic mass is 9.98. The smallest absolute Gasteiger partial charge is 0.113 e. The Morgan fingerprint density at radius 2 is 1.26 bits per heavy atom. The largest absolute Gasteiger partial charge is 0.311 e. The molecule has 2 heterocycles. The van der Waals surface area contributed by atoms with E-state index in [9.17, 15) is 0 Å². The van der Waals surface area contributed by atoms with Crippen LogP contribution in [0.5, 0.6) is 0 Å². The monoisotopic (exact) mass is 846 g/mol.